The van der Waals surface area contributed by atoms with Crippen LogP contribution in [0.1, 0.15) is 0 Å². The summed E-state index contributed by atoms with van der Waals surface area (Å²) in [6.45, 7) is 0. The molecule has 0 aromatic heterocycles. The average Bonchev–Trinajstić information content (AvgIpc) is 1.38. The molecule has 0 bridgehead atoms. The third kappa shape index (κ3) is 8.89. The molecule has 0 rings (SSSR count). The minimum absolute atomic E-state index is 0. The zero-order valence-corrected chi connectivity index (χ0v) is 5.06. The van der Waals surface area contributed by atoms with E-state index in [1.54, 1.807) is 0 Å². The van der Waals surface area contributed by atoms with Crippen LogP contribution in [-0.4, -0.2) is 30.4 Å². The quantitative estimate of drug-likeness (QED) is 0.357. The monoisotopic (exact) mass is 118 g/mol. The van der Waals surface area contributed by atoms with Crippen LogP contribution in [-0.2, 0) is 4.21 Å². The van der Waals surface area contributed by atoms with E-state index >= 15 is 0 Å². The van der Waals surface area contributed by atoms with Crippen LogP contribution in [0.25, 0.3) is 0 Å². The molecule has 0 N–H and O–H groups in total. The number of rotatable bonds is 1. The Balaban J connectivity index is 0. The Labute approximate surface area is 56.7 Å². The van der Waals surface area contributed by atoms with Crippen LogP contribution in [0, 0.1) is 0 Å². The van der Waals surface area contributed by atoms with Crippen LogP contribution in [0.4, 0.5) is 0 Å². The van der Waals surface area contributed by atoms with Crippen molar-refractivity contribution in [1.29, 1.82) is 0 Å². The summed E-state index contributed by atoms with van der Waals surface area (Å²) in [6, 6.07) is 0. The molecule has 0 aromatic carbocycles. The second kappa shape index (κ2) is 6.00. The first kappa shape index (κ1) is 10.1. The fourth-order valence-corrected chi connectivity index (χ4v) is 0. The molecule has 0 aliphatic carbocycles. The van der Waals surface area contributed by atoms with Gasteiger partial charge in [-0.3, -0.25) is 0 Å². The van der Waals surface area contributed by atoms with Gasteiger partial charge >= 0.3 is 23.1 Å². The van der Waals surface area contributed by atoms with Crippen molar-refractivity contribution in [3.63, 3.8) is 0 Å². The molecular formula is BClMgO3. The zero-order valence-electron chi connectivity index (χ0n) is 2.89. The molecule has 0 saturated heterocycles. The summed E-state index contributed by atoms with van der Waals surface area (Å²) in [5.74, 6) is 0. The SMILES string of the molecule is [Mg+2].[O-]B([O-])OCl. The van der Waals surface area contributed by atoms with Gasteiger partial charge in [0, 0.05) is 11.9 Å². The second-order valence-electron chi connectivity index (χ2n) is 0.378. The molecule has 0 amide bonds. The van der Waals surface area contributed by atoms with Crippen molar-refractivity contribution in [2.24, 2.45) is 0 Å². The normalized spacial score (nSPS) is 6.50. The van der Waals surface area contributed by atoms with E-state index in [-0.39, 0.29) is 23.1 Å². The molecule has 6 heteroatoms. The van der Waals surface area contributed by atoms with Gasteiger partial charge in [-0.05, 0) is 0 Å². The van der Waals surface area contributed by atoms with Gasteiger partial charge in [-0.15, -0.1) is 0 Å². The Morgan fingerprint density at radius 1 is 1.50 bits per heavy atom. The maximum atomic E-state index is 8.99. The summed E-state index contributed by atoms with van der Waals surface area (Å²) in [4.78, 5) is 0. The Morgan fingerprint density at radius 3 is 1.67 bits per heavy atom. The van der Waals surface area contributed by atoms with Crippen LogP contribution in [0.15, 0.2) is 0 Å². The number of hydrogen-bond acceptors (Lipinski definition) is 3. The van der Waals surface area contributed by atoms with E-state index in [9.17, 15) is 0 Å². The van der Waals surface area contributed by atoms with Crippen LogP contribution in [0.5, 0.6) is 0 Å². The first-order valence-corrected chi connectivity index (χ1v) is 1.17. The van der Waals surface area contributed by atoms with Gasteiger partial charge in [0.2, 0.25) is 0 Å². The van der Waals surface area contributed by atoms with Crippen molar-refractivity contribution in [1.82, 2.24) is 0 Å². The second-order valence-corrected chi connectivity index (χ2v) is 0.556. The van der Waals surface area contributed by atoms with Crippen LogP contribution in [0.2, 0.25) is 0 Å². The van der Waals surface area contributed by atoms with E-state index in [1.165, 1.54) is 0 Å². The maximum Gasteiger partial charge on any atom is 2.00 e. The third-order valence-corrected chi connectivity index (χ3v) is 0.218. The van der Waals surface area contributed by atoms with E-state index in [2.05, 4.69) is 16.1 Å². The van der Waals surface area contributed by atoms with Gasteiger partial charge in [0.15, 0.2) is 0 Å². The third-order valence-electron chi connectivity index (χ3n) is 0.0727. The number of hydrogen-bond donors (Lipinski definition) is 0. The molecule has 0 saturated carbocycles. The summed E-state index contributed by atoms with van der Waals surface area (Å²) >= 11 is 4.21. The Bertz CT molecular complexity index is 24.8. The molecule has 0 aliphatic rings. The van der Waals surface area contributed by atoms with Crippen molar-refractivity contribution in [3.05, 3.63) is 0 Å². The predicted octanol–water partition coefficient (Wildman–Crippen LogP) is -2.52. The summed E-state index contributed by atoms with van der Waals surface area (Å²) in [6.07, 6.45) is 0. The molecule has 0 heterocycles. The van der Waals surface area contributed by atoms with Crippen LogP contribution >= 0.6 is 11.9 Å². The van der Waals surface area contributed by atoms with Gasteiger partial charge in [0.25, 0.3) is 0 Å². The van der Waals surface area contributed by atoms with Crippen molar-refractivity contribution in [2.75, 3.05) is 0 Å². The Morgan fingerprint density at radius 2 is 1.67 bits per heavy atom. The standard InChI is InChI=1S/BClO3.Mg/c2-5-1(3)4;/q-2;+2. The molecule has 0 radical (unpaired) electrons. The Hall–Kier alpha value is 1.00. The van der Waals surface area contributed by atoms with E-state index < -0.39 is 7.32 Å². The molecule has 0 aliphatic heterocycles. The Kier molecular flexibility index (Phi) is 10.1. The van der Waals surface area contributed by atoms with Crippen LogP contribution < -0.4 is 10.0 Å². The maximum absolute atomic E-state index is 8.99. The molecule has 0 fully saturated rings. The topological polar surface area (TPSA) is 55.3 Å². The van der Waals surface area contributed by atoms with E-state index in [4.69, 9.17) is 10.0 Å². The summed E-state index contributed by atoms with van der Waals surface area (Å²) in [7, 11) is -2.35. The minimum Gasteiger partial charge on any atom is -0.869 e. The van der Waals surface area contributed by atoms with Gasteiger partial charge in [-0.2, -0.15) is 0 Å². The fourth-order valence-electron chi connectivity index (χ4n) is 0. The molecule has 6 heavy (non-hydrogen) atoms. The van der Waals surface area contributed by atoms with Crippen molar-refractivity contribution < 1.29 is 14.3 Å². The van der Waals surface area contributed by atoms with Gasteiger partial charge in [0.05, 0.1) is 7.32 Å². The van der Waals surface area contributed by atoms with Gasteiger partial charge in [-0.1, -0.05) is 0 Å². The van der Waals surface area contributed by atoms with Gasteiger partial charge in [0.1, 0.15) is 0 Å². The van der Waals surface area contributed by atoms with E-state index in [1.807, 2.05) is 0 Å². The largest absolute Gasteiger partial charge is 2.00 e. The van der Waals surface area contributed by atoms with E-state index in [0.717, 1.165) is 0 Å². The molecule has 0 spiro atoms. The molecular weight excluding hydrogens is 119 g/mol. The van der Waals surface area contributed by atoms with Crippen LogP contribution in [0.3, 0.4) is 0 Å². The zero-order chi connectivity index (χ0) is 4.28. The van der Waals surface area contributed by atoms with Gasteiger partial charge in [-0.25, -0.2) is 0 Å². The van der Waals surface area contributed by atoms with Crippen molar-refractivity contribution >= 4 is 42.2 Å². The first-order chi connectivity index (χ1) is 2.27. The summed E-state index contributed by atoms with van der Waals surface area (Å²) in [5.41, 5.74) is 0. The molecule has 30 valence electrons. The van der Waals surface area contributed by atoms with Crippen molar-refractivity contribution in [3.8, 4) is 0 Å². The fraction of sp³-hybridized carbons (Fsp3) is 0. The molecule has 0 aromatic rings. The summed E-state index contributed by atoms with van der Waals surface area (Å²) in [5, 5.41) is 18.0. The smallest absolute Gasteiger partial charge is 0.869 e. The van der Waals surface area contributed by atoms with Gasteiger partial charge < -0.3 is 14.3 Å². The first-order valence-electron chi connectivity index (χ1n) is 0.861. The predicted molar refractivity (Wildman–Crippen MR) is 18.4 cm³/mol. The average molecular weight is 119 g/mol. The molecule has 3 nitrogen and oxygen atoms in total. The molecule has 0 atom stereocenters. The minimum atomic E-state index is -2.35. The summed E-state index contributed by atoms with van der Waals surface area (Å²) < 4.78 is 3.11. The van der Waals surface area contributed by atoms with E-state index in [0.29, 0.717) is 0 Å². The molecule has 0 unspecified atom stereocenters. The number of halogens is 1. The van der Waals surface area contributed by atoms with Crippen molar-refractivity contribution in [2.45, 2.75) is 0 Å².